The molecule has 1 saturated heterocycles. The van der Waals surface area contributed by atoms with E-state index in [0.717, 1.165) is 66.1 Å². The molecule has 1 fully saturated rings. The zero-order valence-corrected chi connectivity index (χ0v) is 20.0. The van der Waals surface area contributed by atoms with Crippen molar-refractivity contribution in [3.63, 3.8) is 0 Å². The van der Waals surface area contributed by atoms with E-state index in [-0.39, 0.29) is 5.91 Å². The van der Waals surface area contributed by atoms with Crippen molar-refractivity contribution in [2.75, 3.05) is 52.2 Å². The second kappa shape index (κ2) is 9.27. The molecule has 0 spiro atoms. The molecule has 0 radical (unpaired) electrons. The topological polar surface area (TPSA) is 68.4 Å². The largest absolute Gasteiger partial charge is 0.369 e. The maximum Gasteiger partial charge on any atom is 0.253 e. The van der Waals surface area contributed by atoms with E-state index in [1.807, 2.05) is 36.7 Å². The molecule has 0 aliphatic carbocycles. The summed E-state index contributed by atoms with van der Waals surface area (Å²) in [5.74, 6) is 0.00722. The summed E-state index contributed by atoms with van der Waals surface area (Å²) in [7, 11) is 5.70. The molecule has 7 heteroatoms. The molecule has 0 unspecified atom stereocenters. The highest BCUT2D eigenvalue weighted by Gasteiger charge is 2.15. The number of piperazine rings is 1. The van der Waals surface area contributed by atoms with Crippen LogP contribution in [0.4, 0.5) is 5.69 Å². The van der Waals surface area contributed by atoms with E-state index in [1.54, 1.807) is 19.0 Å². The number of fused-ring (bicyclic) bond motifs is 1. The second-order valence-corrected chi connectivity index (χ2v) is 9.18. The normalized spacial score (nSPS) is 14.5. The highest BCUT2D eigenvalue weighted by Crippen LogP contribution is 2.25. The number of amides is 1. The number of aromatic nitrogens is 3. The van der Waals surface area contributed by atoms with Gasteiger partial charge in [0.25, 0.3) is 5.91 Å². The number of anilines is 1. The molecule has 1 N–H and O–H groups in total. The first-order valence-electron chi connectivity index (χ1n) is 11.7. The lowest BCUT2D eigenvalue weighted by atomic mass is 10.0. The smallest absolute Gasteiger partial charge is 0.253 e. The Morgan fingerprint density at radius 3 is 2.38 bits per heavy atom. The molecule has 1 aliphatic heterocycles. The van der Waals surface area contributed by atoms with Crippen molar-refractivity contribution < 1.29 is 4.79 Å². The molecule has 0 atom stereocenters. The van der Waals surface area contributed by atoms with Crippen molar-refractivity contribution in [2.45, 2.75) is 6.42 Å². The van der Waals surface area contributed by atoms with E-state index >= 15 is 0 Å². The Kier molecular flexibility index (Phi) is 6.02. The van der Waals surface area contributed by atoms with E-state index < -0.39 is 0 Å². The van der Waals surface area contributed by atoms with Gasteiger partial charge in [-0.05, 0) is 36.9 Å². The number of carbonyl (C=O) groups is 1. The lowest BCUT2D eigenvalue weighted by molar-refractivity contribution is 0.0827. The fourth-order valence-corrected chi connectivity index (χ4v) is 4.37. The van der Waals surface area contributed by atoms with Crippen molar-refractivity contribution in [2.24, 2.45) is 0 Å². The number of H-pyrrole nitrogens is 1. The standard InChI is InChI=1S/C27H30N6O/c1-31(2)27(34)21-6-4-19(5-7-21)16-22-17-28-26-25(22)30-24(18-29-26)20-8-10-23(11-9-20)33-14-12-32(3)13-15-33/h4-11,17-18H,12-16H2,1-3H3,(H,28,29). The SMILES string of the molecule is CN1CCN(c2ccc(-c3cnc4[nH]cc(Cc5ccc(C(=O)N(C)C)cc5)c4n3)cc2)CC1. The van der Waals surface area contributed by atoms with Gasteiger partial charge >= 0.3 is 0 Å². The van der Waals surface area contributed by atoms with Crippen LogP contribution in [0.2, 0.25) is 0 Å². The molecule has 174 valence electrons. The Morgan fingerprint density at radius 1 is 1.00 bits per heavy atom. The molecule has 7 nitrogen and oxygen atoms in total. The number of carbonyl (C=O) groups excluding carboxylic acids is 1. The Morgan fingerprint density at radius 2 is 1.71 bits per heavy atom. The quantitative estimate of drug-likeness (QED) is 0.498. The number of aromatic amines is 1. The van der Waals surface area contributed by atoms with Crippen LogP contribution in [0.25, 0.3) is 22.4 Å². The van der Waals surface area contributed by atoms with Crippen molar-refractivity contribution in [3.05, 3.63) is 77.6 Å². The van der Waals surface area contributed by atoms with Gasteiger partial charge < -0.3 is 19.7 Å². The highest BCUT2D eigenvalue weighted by atomic mass is 16.2. The number of likely N-dealkylation sites (N-methyl/N-ethyl adjacent to an activating group) is 1. The molecule has 4 aromatic rings. The Bertz CT molecular complexity index is 1290. The summed E-state index contributed by atoms with van der Waals surface area (Å²) in [6.07, 6.45) is 4.52. The molecule has 2 aromatic carbocycles. The van der Waals surface area contributed by atoms with Crippen LogP contribution in [0.15, 0.2) is 60.9 Å². The van der Waals surface area contributed by atoms with E-state index in [2.05, 4.69) is 51.1 Å². The minimum atomic E-state index is 0.00722. The van der Waals surface area contributed by atoms with E-state index in [9.17, 15) is 4.79 Å². The molecular weight excluding hydrogens is 424 g/mol. The van der Waals surface area contributed by atoms with Gasteiger partial charge in [0.15, 0.2) is 5.65 Å². The van der Waals surface area contributed by atoms with Gasteiger partial charge in [-0.1, -0.05) is 24.3 Å². The number of benzene rings is 2. The number of nitrogens with one attached hydrogen (secondary N) is 1. The fourth-order valence-electron chi connectivity index (χ4n) is 4.37. The molecule has 2 aromatic heterocycles. The lowest BCUT2D eigenvalue weighted by Crippen LogP contribution is -2.44. The summed E-state index contributed by atoms with van der Waals surface area (Å²) >= 11 is 0. The third kappa shape index (κ3) is 4.52. The summed E-state index contributed by atoms with van der Waals surface area (Å²) in [6, 6.07) is 16.4. The van der Waals surface area contributed by atoms with Crippen LogP contribution >= 0.6 is 0 Å². The molecule has 1 amide bonds. The van der Waals surface area contributed by atoms with E-state index in [0.29, 0.717) is 5.56 Å². The van der Waals surface area contributed by atoms with Crippen molar-refractivity contribution in [3.8, 4) is 11.3 Å². The van der Waals surface area contributed by atoms with Crippen molar-refractivity contribution >= 4 is 22.8 Å². The summed E-state index contributed by atoms with van der Waals surface area (Å²) in [4.78, 5) is 31.3. The Hall–Kier alpha value is -3.71. The zero-order valence-electron chi connectivity index (χ0n) is 20.0. The predicted molar refractivity (Wildman–Crippen MR) is 136 cm³/mol. The maximum atomic E-state index is 12.1. The molecular formula is C27H30N6O. The minimum absolute atomic E-state index is 0.00722. The zero-order chi connectivity index (χ0) is 23.7. The average molecular weight is 455 g/mol. The Balaban J connectivity index is 1.35. The second-order valence-electron chi connectivity index (χ2n) is 9.18. The molecule has 34 heavy (non-hydrogen) atoms. The van der Waals surface area contributed by atoms with Crippen LogP contribution in [0, 0.1) is 0 Å². The van der Waals surface area contributed by atoms with Gasteiger partial charge in [-0.15, -0.1) is 0 Å². The first-order valence-corrected chi connectivity index (χ1v) is 11.7. The summed E-state index contributed by atoms with van der Waals surface area (Å²) in [6.45, 7) is 4.29. The number of hydrogen-bond donors (Lipinski definition) is 1. The van der Waals surface area contributed by atoms with E-state index in [4.69, 9.17) is 4.98 Å². The molecule has 0 saturated carbocycles. The van der Waals surface area contributed by atoms with Crippen LogP contribution in [0.5, 0.6) is 0 Å². The fraction of sp³-hybridized carbons (Fsp3) is 0.296. The minimum Gasteiger partial charge on any atom is -0.369 e. The van der Waals surface area contributed by atoms with Gasteiger partial charge in [0.05, 0.1) is 11.9 Å². The van der Waals surface area contributed by atoms with Crippen LogP contribution in [-0.4, -0.2) is 78.0 Å². The highest BCUT2D eigenvalue weighted by molar-refractivity contribution is 5.93. The number of rotatable bonds is 5. The average Bonchev–Trinajstić information content (AvgIpc) is 3.26. The van der Waals surface area contributed by atoms with Gasteiger partial charge in [-0.3, -0.25) is 4.79 Å². The molecule has 5 rings (SSSR count). The Labute approximate surface area is 200 Å². The van der Waals surface area contributed by atoms with Gasteiger partial charge in [0.2, 0.25) is 0 Å². The lowest BCUT2D eigenvalue weighted by Gasteiger charge is -2.34. The van der Waals surface area contributed by atoms with Crippen LogP contribution in [0.3, 0.4) is 0 Å². The van der Waals surface area contributed by atoms with Gasteiger partial charge in [-0.25, -0.2) is 9.97 Å². The number of hydrogen-bond acceptors (Lipinski definition) is 5. The molecule has 3 heterocycles. The van der Waals surface area contributed by atoms with E-state index in [1.165, 1.54) is 5.69 Å². The van der Waals surface area contributed by atoms with Crippen molar-refractivity contribution in [1.29, 1.82) is 0 Å². The van der Waals surface area contributed by atoms with Crippen LogP contribution < -0.4 is 4.90 Å². The van der Waals surface area contributed by atoms with Gasteiger partial charge in [-0.2, -0.15) is 0 Å². The summed E-state index contributed by atoms with van der Waals surface area (Å²) in [5.41, 5.74) is 7.75. The monoisotopic (exact) mass is 454 g/mol. The number of nitrogens with zero attached hydrogens (tertiary/aromatic N) is 5. The van der Waals surface area contributed by atoms with Gasteiger partial charge in [0.1, 0.15) is 5.52 Å². The summed E-state index contributed by atoms with van der Waals surface area (Å²) in [5, 5.41) is 0. The van der Waals surface area contributed by atoms with Gasteiger partial charge in [0, 0.05) is 75.3 Å². The van der Waals surface area contributed by atoms with Crippen molar-refractivity contribution in [1.82, 2.24) is 24.8 Å². The van der Waals surface area contributed by atoms with Crippen LogP contribution in [-0.2, 0) is 6.42 Å². The predicted octanol–water partition coefficient (Wildman–Crippen LogP) is 3.67. The summed E-state index contributed by atoms with van der Waals surface area (Å²) < 4.78 is 0. The third-order valence-corrected chi connectivity index (χ3v) is 6.49. The molecule has 0 bridgehead atoms. The third-order valence-electron chi connectivity index (χ3n) is 6.49. The first kappa shape index (κ1) is 22.1. The molecule has 1 aliphatic rings. The van der Waals surface area contributed by atoms with Crippen LogP contribution in [0.1, 0.15) is 21.5 Å². The first-order chi connectivity index (χ1) is 16.5. The maximum absolute atomic E-state index is 12.1.